The minimum absolute atomic E-state index is 0.275. The van der Waals surface area contributed by atoms with Crippen LogP contribution in [0.2, 0.25) is 0 Å². The van der Waals surface area contributed by atoms with Crippen molar-refractivity contribution in [2.75, 3.05) is 14.2 Å². The number of benzene rings is 2. The van der Waals surface area contributed by atoms with E-state index in [-0.39, 0.29) is 6.54 Å². The van der Waals surface area contributed by atoms with Gasteiger partial charge in [0.2, 0.25) is 5.91 Å². The van der Waals surface area contributed by atoms with Gasteiger partial charge in [-0.3, -0.25) is 4.79 Å². The highest BCUT2D eigenvalue weighted by atomic mass is 16.5. The summed E-state index contributed by atoms with van der Waals surface area (Å²) < 4.78 is 6.98. The molecule has 148 valence electrons. The number of hydrogen-bond donors (Lipinski definition) is 1. The van der Waals surface area contributed by atoms with Crippen molar-refractivity contribution in [3.63, 3.8) is 0 Å². The molecule has 0 bridgehead atoms. The van der Waals surface area contributed by atoms with Gasteiger partial charge in [0.25, 0.3) is 0 Å². The molecule has 29 heavy (non-hydrogen) atoms. The molecule has 1 amide bonds. The molecule has 0 aliphatic rings. The Labute approximate surface area is 168 Å². The van der Waals surface area contributed by atoms with Crippen LogP contribution >= 0.6 is 0 Å². The van der Waals surface area contributed by atoms with Crippen LogP contribution in [-0.2, 0) is 16.1 Å². The summed E-state index contributed by atoms with van der Waals surface area (Å²) in [6.07, 6.45) is 3.74. The van der Waals surface area contributed by atoms with Gasteiger partial charge in [0, 0.05) is 43.1 Å². The van der Waals surface area contributed by atoms with Crippen LogP contribution in [0.4, 0.5) is 0 Å². The summed E-state index contributed by atoms with van der Waals surface area (Å²) in [5.74, 6) is -0.827. The summed E-state index contributed by atoms with van der Waals surface area (Å²) in [6.45, 7) is 0.275. The Hall–Kier alpha value is -3.87. The van der Waals surface area contributed by atoms with Crippen LogP contribution in [0.15, 0.2) is 72.9 Å². The maximum absolute atomic E-state index is 12.2. The van der Waals surface area contributed by atoms with Crippen molar-refractivity contribution in [1.82, 2.24) is 14.7 Å². The zero-order valence-electron chi connectivity index (χ0n) is 16.1. The largest absolute Gasteiger partial charge is 0.497 e. The number of aromatic nitrogens is 2. The Balaban J connectivity index is 1.96. The Morgan fingerprint density at radius 3 is 2.41 bits per heavy atom. The van der Waals surface area contributed by atoms with Crippen molar-refractivity contribution in [1.29, 1.82) is 0 Å². The minimum atomic E-state index is -1.16. The molecular weight excluding hydrogens is 370 g/mol. The van der Waals surface area contributed by atoms with Crippen LogP contribution in [0.25, 0.3) is 16.9 Å². The van der Waals surface area contributed by atoms with E-state index in [9.17, 15) is 9.59 Å². The van der Waals surface area contributed by atoms with E-state index in [4.69, 9.17) is 14.9 Å². The minimum Gasteiger partial charge on any atom is -0.497 e. The molecule has 1 N–H and O–H groups in total. The fraction of sp³-hybridized carbons (Fsp3) is 0.136. The molecule has 0 atom stereocenters. The van der Waals surface area contributed by atoms with E-state index in [1.54, 1.807) is 18.8 Å². The van der Waals surface area contributed by atoms with E-state index in [2.05, 4.69) is 0 Å². The molecule has 0 unspecified atom stereocenters. The van der Waals surface area contributed by atoms with Crippen LogP contribution in [0, 0.1) is 0 Å². The molecule has 0 fully saturated rings. The number of hydrogen-bond acceptors (Lipinski definition) is 4. The van der Waals surface area contributed by atoms with Crippen molar-refractivity contribution in [2.45, 2.75) is 6.54 Å². The first-order valence-corrected chi connectivity index (χ1v) is 8.92. The number of methoxy groups -OCH3 is 1. The third-order valence-corrected chi connectivity index (χ3v) is 4.33. The molecule has 3 rings (SSSR count). The lowest BCUT2D eigenvalue weighted by Crippen LogP contribution is -2.24. The van der Waals surface area contributed by atoms with Gasteiger partial charge in [-0.25, -0.2) is 9.48 Å². The predicted molar refractivity (Wildman–Crippen MR) is 109 cm³/mol. The van der Waals surface area contributed by atoms with E-state index >= 15 is 0 Å². The first-order valence-electron chi connectivity index (χ1n) is 8.92. The van der Waals surface area contributed by atoms with Gasteiger partial charge >= 0.3 is 5.97 Å². The normalized spacial score (nSPS) is 10.8. The number of carboxylic acid groups (broad SMARTS) is 1. The fourth-order valence-electron chi connectivity index (χ4n) is 2.83. The van der Waals surface area contributed by atoms with E-state index in [0.717, 1.165) is 40.4 Å². The highest BCUT2D eigenvalue weighted by molar-refractivity contribution is 5.93. The van der Waals surface area contributed by atoms with Gasteiger partial charge in [-0.15, -0.1) is 0 Å². The summed E-state index contributed by atoms with van der Waals surface area (Å²) >= 11 is 0. The second kappa shape index (κ2) is 8.88. The fourth-order valence-corrected chi connectivity index (χ4v) is 2.83. The molecule has 0 saturated carbocycles. The summed E-state index contributed by atoms with van der Waals surface area (Å²) in [4.78, 5) is 24.3. The van der Waals surface area contributed by atoms with Gasteiger partial charge in [-0.1, -0.05) is 18.2 Å². The smallest absolute Gasteiger partial charge is 0.328 e. The van der Waals surface area contributed by atoms with E-state index < -0.39 is 11.9 Å². The van der Waals surface area contributed by atoms with Crippen LogP contribution in [-0.4, -0.2) is 45.8 Å². The molecule has 0 radical (unpaired) electrons. The zero-order valence-corrected chi connectivity index (χ0v) is 16.1. The van der Waals surface area contributed by atoms with E-state index in [1.165, 1.54) is 4.90 Å². The number of carbonyl (C=O) groups excluding carboxylic acids is 1. The third kappa shape index (κ3) is 4.90. The second-order valence-corrected chi connectivity index (χ2v) is 6.38. The third-order valence-electron chi connectivity index (χ3n) is 4.33. The average Bonchev–Trinajstić information content (AvgIpc) is 3.16. The van der Waals surface area contributed by atoms with Gasteiger partial charge < -0.3 is 14.7 Å². The number of likely N-dealkylation sites (N-methyl/N-ethyl adjacent to an activating group) is 1. The van der Waals surface area contributed by atoms with Gasteiger partial charge in [0.15, 0.2) is 0 Å². The maximum atomic E-state index is 12.2. The summed E-state index contributed by atoms with van der Waals surface area (Å²) in [5.41, 5.74) is 3.35. The molecule has 3 aromatic rings. The number of carbonyl (C=O) groups is 2. The van der Waals surface area contributed by atoms with Gasteiger partial charge in [-0.05, 0) is 36.4 Å². The average molecular weight is 391 g/mol. The van der Waals surface area contributed by atoms with Crippen LogP contribution in [0.5, 0.6) is 5.75 Å². The van der Waals surface area contributed by atoms with Crippen molar-refractivity contribution < 1.29 is 19.4 Å². The molecule has 1 aromatic heterocycles. The van der Waals surface area contributed by atoms with E-state index in [1.807, 2.05) is 60.8 Å². The Kier molecular flexibility index (Phi) is 6.09. The monoisotopic (exact) mass is 391 g/mol. The molecule has 0 spiro atoms. The highest BCUT2D eigenvalue weighted by Crippen LogP contribution is 2.26. The molecule has 2 aromatic carbocycles. The summed E-state index contributed by atoms with van der Waals surface area (Å²) in [5, 5.41) is 13.4. The van der Waals surface area contributed by atoms with Crippen LogP contribution in [0.1, 0.15) is 5.56 Å². The van der Waals surface area contributed by atoms with Crippen molar-refractivity contribution in [3.8, 4) is 22.7 Å². The summed E-state index contributed by atoms with van der Waals surface area (Å²) in [6, 6.07) is 17.2. The van der Waals surface area contributed by atoms with E-state index in [0.29, 0.717) is 0 Å². The topological polar surface area (TPSA) is 84.7 Å². The number of amides is 1. The first-order chi connectivity index (χ1) is 14.0. The Morgan fingerprint density at radius 1 is 1.10 bits per heavy atom. The number of para-hydroxylation sites is 1. The SMILES string of the molecule is COc1ccc(-c2nn(-c3ccccc3)cc2CN(C)C(=O)/C=C/C(=O)O)cc1. The highest BCUT2D eigenvalue weighted by Gasteiger charge is 2.16. The second-order valence-electron chi connectivity index (χ2n) is 6.38. The number of rotatable bonds is 7. The molecule has 1 heterocycles. The number of aliphatic carboxylic acids is 1. The van der Waals surface area contributed by atoms with Crippen molar-refractivity contribution in [3.05, 3.63) is 78.5 Å². The lowest BCUT2D eigenvalue weighted by atomic mass is 10.1. The molecule has 7 heteroatoms. The van der Waals surface area contributed by atoms with Crippen molar-refractivity contribution >= 4 is 11.9 Å². The lowest BCUT2D eigenvalue weighted by Gasteiger charge is -2.15. The quantitative estimate of drug-likeness (QED) is 0.626. The standard InChI is InChI=1S/C22H21N3O4/c1-24(20(26)12-13-21(27)28)14-17-15-25(18-6-4-3-5-7-18)23-22(17)16-8-10-19(29-2)11-9-16/h3-13,15H,14H2,1-2H3,(H,27,28)/b13-12+. The first kappa shape index (κ1) is 19.9. The maximum Gasteiger partial charge on any atom is 0.328 e. The molecular formula is C22H21N3O4. The molecule has 0 aliphatic heterocycles. The number of ether oxygens (including phenoxy) is 1. The molecule has 0 aliphatic carbocycles. The molecule has 7 nitrogen and oxygen atoms in total. The van der Waals surface area contributed by atoms with Gasteiger partial charge in [-0.2, -0.15) is 5.10 Å². The number of nitrogens with zero attached hydrogens (tertiary/aromatic N) is 3. The predicted octanol–water partition coefficient (Wildman–Crippen LogP) is 3.15. The zero-order chi connectivity index (χ0) is 20.8. The number of carboxylic acids is 1. The summed E-state index contributed by atoms with van der Waals surface area (Å²) in [7, 11) is 3.22. The Bertz CT molecular complexity index is 1020. The van der Waals surface area contributed by atoms with Gasteiger partial charge in [0.05, 0.1) is 18.5 Å². The Morgan fingerprint density at radius 2 is 1.79 bits per heavy atom. The lowest BCUT2D eigenvalue weighted by molar-refractivity contribution is -0.132. The van der Waals surface area contributed by atoms with Gasteiger partial charge in [0.1, 0.15) is 5.75 Å². The van der Waals surface area contributed by atoms with Crippen LogP contribution < -0.4 is 4.74 Å². The van der Waals surface area contributed by atoms with Crippen LogP contribution in [0.3, 0.4) is 0 Å². The van der Waals surface area contributed by atoms with Crippen molar-refractivity contribution in [2.24, 2.45) is 0 Å². The molecule has 0 saturated heterocycles.